The van der Waals surface area contributed by atoms with E-state index in [0.29, 0.717) is 0 Å². The molecule has 1 atom stereocenters. The standard InChI is InChI=1S/C9H7F3O/c10-7-3-1-6(2-4-7)8(5-13)9(11)12/h1-5,8-9H. The van der Waals surface area contributed by atoms with E-state index >= 15 is 0 Å². The average Bonchev–Trinajstić information content (AvgIpc) is 2.09. The summed E-state index contributed by atoms with van der Waals surface area (Å²) in [5, 5.41) is 0. The molecule has 0 aliphatic rings. The van der Waals surface area contributed by atoms with Crippen LogP contribution < -0.4 is 0 Å². The SMILES string of the molecule is O=CC(c1ccc(F)cc1)C(F)F. The minimum atomic E-state index is -2.75. The highest BCUT2D eigenvalue weighted by Gasteiger charge is 2.21. The summed E-state index contributed by atoms with van der Waals surface area (Å²) >= 11 is 0. The molecular weight excluding hydrogens is 181 g/mol. The van der Waals surface area contributed by atoms with Crippen LogP contribution in [0.5, 0.6) is 0 Å². The zero-order valence-corrected chi connectivity index (χ0v) is 6.58. The first-order valence-electron chi connectivity index (χ1n) is 3.64. The lowest BCUT2D eigenvalue weighted by molar-refractivity contribution is -0.111. The van der Waals surface area contributed by atoms with Crippen LogP contribution in [-0.4, -0.2) is 12.7 Å². The number of carbonyl (C=O) groups excluding carboxylic acids is 1. The highest BCUT2D eigenvalue weighted by atomic mass is 19.3. The van der Waals surface area contributed by atoms with Crippen LogP contribution in [0, 0.1) is 5.82 Å². The molecule has 4 heteroatoms. The lowest BCUT2D eigenvalue weighted by atomic mass is 10.0. The minimum Gasteiger partial charge on any atom is -0.302 e. The summed E-state index contributed by atoms with van der Waals surface area (Å²) in [6.07, 6.45) is -2.58. The molecule has 0 heterocycles. The van der Waals surface area contributed by atoms with E-state index in [9.17, 15) is 18.0 Å². The minimum absolute atomic E-state index is 0.131. The molecule has 0 aliphatic heterocycles. The highest BCUT2D eigenvalue weighted by molar-refractivity contribution is 5.62. The summed E-state index contributed by atoms with van der Waals surface area (Å²) in [4.78, 5) is 10.3. The summed E-state index contributed by atoms with van der Waals surface area (Å²) in [6, 6.07) is 4.46. The molecule has 70 valence electrons. The third kappa shape index (κ3) is 2.31. The van der Waals surface area contributed by atoms with Gasteiger partial charge in [-0.3, -0.25) is 0 Å². The summed E-state index contributed by atoms with van der Waals surface area (Å²) in [7, 11) is 0. The molecule has 1 unspecified atom stereocenters. The molecule has 0 aliphatic carbocycles. The van der Waals surface area contributed by atoms with Crippen molar-refractivity contribution < 1.29 is 18.0 Å². The molecule has 0 bridgehead atoms. The first kappa shape index (κ1) is 9.77. The van der Waals surface area contributed by atoms with E-state index in [-0.39, 0.29) is 11.8 Å². The Kier molecular flexibility index (Phi) is 3.06. The first-order valence-corrected chi connectivity index (χ1v) is 3.64. The molecule has 0 fully saturated rings. The fourth-order valence-corrected chi connectivity index (χ4v) is 0.968. The molecule has 0 saturated heterocycles. The van der Waals surface area contributed by atoms with Crippen LogP contribution in [0.1, 0.15) is 11.5 Å². The predicted molar refractivity (Wildman–Crippen MR) is 41.2 cm³/mol. The molecule has 1 aromatic carbocycles. The molecule has 0 saturated carbocycles. The van der Waals surface area contributed by atoms with Gasteiger partial charge < -0.3 is 4.79 Å². The molecule has 1 nitrogen and oxygen atoms in total. The van der Waals surface area contributed by atoms with Gasteiger partial charge in [0.15, 0.2) is 0 Å². The van der Waals surface area contributed by atoms with Gasteiger partial charge in [0.05, 0.1) is 0 Å². The fraction of sp³-hybridized carbons (Fsp3) is 0.222. The second-order valence-electron chi connectivity index (χ2n) is 2.55. The summed E-state index contributed by atoms with van der Waals surface area (Å²) in [5.41, 5.74) is 0.131. The number of hydrogen-bond acceptors (Lipinski definition) is 1. The molecular formula is C9H7F3O. The molecule has 0 N–H and O–H groups in total. The van der Waals surface area contributed by atoms with Gasteiger partial charge in [-0.05, 0) is 17.7 Å². The van der Waals surface area contributed by atoms with Crippen LogP contribution in [0.2, 0.25) is 0 Å². The van der Waals surface area contributed by atoms with Gasteiger partial charge in [-0.25, -0.2) is 13.2 Å². The van der Waals surface area contributed by atoms with Gasteiger partial charge in [0, 0.05) is 0 Å². The lowest BCUT2D eigenvalue weighted by Crippen LogP contribution is -2.10. The summed E-state index contributed by atoms with van der Waals surface area (Å²) in [5.74, 6) is -1.97. The smallest absolute Gasteiger partial charge is 0.252 e. The maximum Gasteiger partial charge on any atom is 0.252 e. The molecule has 0 aromatic heterocycles. The van der Waals surface area contributed by atoms with E-state index in [1.807, 2.05) is 0 Å². The largest absolute Gasteiger partial charge is 0.302 e. The quantitative estimate of drug-likeness (QED) is 0.665. The Hall–Kier alpha value is -1.32. The van der Waals surface area contributed by atoms with E-state index in [1.165, 1.54) is 12.1 Å². The van der Waals surface area contributed by atoms with Crippen molar-refractivity contribution in [1.29, 1.82) is 0 Å². The van der Waals surface area contributed by atoms with E-state index in [1.54, 1.807) is 0 Å². The molecule has 0 radical (unpaired) electrons. The second kappa shape index (κ2) is 4.07. The predicted octanol–water partition coefficient (Wildman–Crippen LogP) is 2.37. The maximum absolute atomic E-state index is 12.4. The Morgan fingerprint density at radius 1 is 1.15 bits per heavy atom. The van der Waals surface area contributed by atoms with E-state index in [2.05, 4.69) is 0 Å². The van der Waals surface area contributed by atoms with Crippen molar-refractivity contribution in [3.63, 3.8) is 0 Å². The Labute approximate surface area is 73.2 Å². The van der Waals surface area contributed by atoms with Crippen molar-refractivity contribution >= 4 is 6.29 Å². The molecule has 1 rings (SSSR count). The number of rotatable bonds is 3. The van der Waals surface area contributed by atoms with Gasteiger partial charge in [0.2, 0.25) is 0 Å². The number of hydrogen-bond donors (Lipinski definition) is 0. The van der Waals surface area contributed by atoms with Crippen molar-refractivity contribution in [3.8, 4) is 0 Å². The summed E-state index contributed by atoms with van der Waals surface area (Å²) < 4.78 is 36.7. The second-order valence-corrected chi connectivity index (χ2v) is 2.55. The van der Waals surface area contributed by atoms with Crippen molar-refractivity contribution in [2.75, 3.05) is 0 Å². The van der Waals surface area contributed by atoms with Crippen LogP contribution in [0.25, 0.3) is 0 Å². The maximum atomic E-state index is 12.4. The zero-order valence-electron chi connectivity index (χ0n) is 6.58. The molecule has 1 aromatic rings. The van der Waals surface area contributed by atoms with Gasteiger partial charge in [0.1, 0.15) is 18.0 Å². The Morgan fingerprint density at radius 3 is 2.08 bits per heavy atom. The Bertz CT molecular complexity index is 281. The van der Waals surface area contributed by atoms with Crippen LogP contribution in [-0.2, 0) is 4.79 Å². The molecule has 0 spiro atoms. The van der Waals surface area contributed by atoms with Crippen LogP contribution in [0.15, 0.2) is 24.3 Å². The number of carbonyl (C=O) groups is 1. The van der Waals surface area contributed by atoms with Crippen LogP contribution in [0.4, 0.5) is 13.2 Å². The van der Waals surface area contributed by atoms with Crippen molar-refractivity contribution in [3.05, 3.63) is 35.6 Å². The van der Waals surface area contributed by atoms with E-state index in [0.717, 1.165) is 12.1 Å². The number of benzene rings is 1. The lowest BCUT2D eigenvalue weighted by Gasteiger charge is -2.08. The van der Waals surface area contributed by atoms with Gasteiger partial charge in [0.25, 0.3) is 6.43 Å². The van der Waals surface area contributed by atoms with Gasteiger partial charge in [-0.15, -0.1) is 0 Å². The molecule has 13 heavy (non-hydrogen) atoms. The Morgan fingerprint density at radius 2 is 1.69 bits per heavy atom. The van der Waals surface area contributed by atoms with Crippen molar-refractivity contribution in [2.45, 2.75) is 12.3 Å². The Balaban J connectivity index is 2.92. The van der Waals surface area contributed by atoms with Crippen LogP contribution >= 0.6 is 0 Å². The normalized spacial score (nSPS) is 12.9. The van der Waals surface area contributed by atoms with Crippen LogP contribution in [0.3, 0.4) is 0 Å². The first-order chi connectivity index (χ1) is 6.15. The zero-order chi connectivity index (χ0) is 9.84. The number of halogens is 3. The fourth-order valence-electron chi connectivity index (χ4n) is 0.968. The van der Waals surface area contributed by atoms with Gasteiger partial charge >= 0.3 is 0 Å². The third-order valence-corrected chi connectivity index (χ3v) is 1.67. The van der Waals surface area contributed by atoms with Crippen molar-refractivity contribution in [1.82, 2.24) is 0 Å². The topological polar surface area (TPSA) is 17.1 Å². The monoisotopic (exact) mass is 188 g/mol. The van der Waals surface area contributed by atoms with E-state index in [4.69, 9.17) is 0 Å². The number of alkyl halides is 2. The van der Waals surface area contributed by atoms with E-state index < -0.39 is 18.2 Å². The van der Waals surface area contributed by atoms with Gasteiger partial charge in [-0.2, -0.15) is 0 Å². The highest BCUT2D eigenvalue weighted by Crippen LogP contribution is 2.20. The van der Waals surface area contributed by atoms with Gasteiger partial charge in [-0.1, -0.05) is 12.1 Å². The third-order valence-electron chi connectivity index (χ3n) is 1.67. The summed E-state index contributed by atoms with van der Waals surface area (Å²) in [6.45, 7) is 0. The van der Waals surface area contributed by atoms with Crippen molar-refractivity contribution in [2.24, 2.45) is 0 Å². The number of aldehydes is 1. The molecule has 0 amide bonds. The average molecular weight is 188 g/mol.